The number of anilines is 1. The number of carbonyl (C=O) groups is 4. The van der Waals surface area contributed by atoms with E-state index < -0.39 is 16.9 Å². The third kappa shape index (κ3) is 14.1. The Morgan fingerprint density at radius 3 is 2.11 bits per heavy atom. The van der Waals surface area contributed by atoms with E-state index in [-0.39, 0.29) is 25.0 Å². The van der Waals surface area contributed by atoms with Gasteiger partial charge in [-0.3, -0.25) is 14.6 Å². The van der Waals surface area contributed by atoms with Crippen LogP contribution in [0.3, 0.4) is 0 Å². The normalized spacial score (nSPS) is 27.8. The first-order valence-electron chi connectivity index (χ1n) is 23.3. The third-order valence-electron chi connectivity index (χ3n) is 14.2. The smallest absolute Gasteiger partial charge is 0.316 e. The number of halogens is 1. The van der Waals surface area contributed by atoms with Crippen LogP contribution in [0.1, 0.15) is 153 Å². The number of aromatic nitrogens is 3. The molecule has 0 aromatic carbocycles. The van der Waals surface area contributed by atoms with E-state index in [0.717, 1.165) is 56.3 Å². The minimum absolute atomic E-state index is 0. The third-order valence-corrected chi connectivity index (χ3v) is 14.2. The van der Waals surface area contributed by atoms with E-state index in [1.54, 1.807) is 20.8 Å². The average molecular weight is 911 g/mol. The highest BCUT2D eigenvalue weighted by atomic mass is 19.1. The molecule has 0 spiro atoms. The van der Waals surface area contributed by atoms with Crippen LogP contribution in [-0.2, 0) is 19.2 Å². The molecular weight excluding hydrogens is 828 g/mol. The second-order valence-electron chi connectivity index (χ2n) is 20.8. The number of allylic oxidation sites excluding steroid dienone is 4. The molecule has 4 fully saturated rings. The summed E-state index contributed by atoms with van der Waals surface area (Å²) in [7, 11) is 2.00. The lowest BCUT2D eigenvalue weighted by Gasteiger charge is -2.66. The Labute approximate surface area is 389 Å². The average Bonchev–Trinajstić information content (AvgIpc) is 3.86. The molecule has 0 aliphatic heterocycles. The van der Waals surface area contributed by atoms with Crippen molar-refractivity contribution >= 4 is 30.3 Å². The van der Waals surface area contributed by atoms with Gasteiger partial charge in [0, 0.05) is 39.1 Å². The summed E-state index contributed by atoms with van der Waals surface area (Å²) in [6.07, 6.45) is 19.4. The van der Waals surface area contributed by atoms with Gasteiger partial charge < -0.3 is 34.6 Å². The molecule has 2 heterocycles. The molecule has 7 atom stereocenters. The Hall–Kier alpha value is -4.36. The van der Waals surface area contributed by atoms with Gasteiger partial charge in [-0.25, -0.2) is 4.39 Å². The Morgan fingerprint density at radius 2 is 1.62 bits per heavy atom. The first-order chi connectivity index (χ1) is 30.5. The number of aliphatic hydroxyl groups is 2. The predicted octanol–water partition coefficient (Wildman–Crippen LogP) is 11.4. The number of aliphatic carboxylic acids is 1. The van der Waals surface area contributed by atoms with Crippen LogP contribution >= 0.6 is 0 Å². The maximum Gasteiger partial charge on any atom is 0.316 e. The monoisotopic (exact) mass is 911 g/mol. The quantitative estimate of drug-likeness (QED) is 0.145. The lowest BCUT2D eigenvalue weighted by atomic mass is 9.39. The van der Waals surface area contributed by atoms with Gasteiger partial charge in [-0.05, 0) is 134 Å². The molecule has 0 radical (unpaired) electrons. The number of fused-ring (bicyclic) bond motifs is 7. The number of aliphatic hydroxyl groups excluding tert-OH is 2. The van der Waals surface area contributed by atoms with Crippen molar-refractivity contribution in [2.24, 2.45) is 51.2 Å². The molecule has 65 heavy (non-hydrogen) atoms. The van der Waals surface area contributed by atoms with Gasteiger partial charge in [0.2, 0.25) is 0 Å². The maximum atomic E-state index is 13.7. The number of Topliss-reactive ketones (excluding diaryl/α,β-unsaturated/α-hetero) is 1. The number of carboxylic acid groups (broad SMARTS) is 1. The fourth-order valence-electron chi connectivity index (χ4n) is 11.3. The second kappa shape index (κ2) is 24.4. The van der Waals surface area contributed by atoms with Gasteiger partial charge in [-0.1, -0.05) is 99.0 Å². The van der Waals surface area contributed by atoms with Gasteiger partial charge in [0.05, 0.1) is 12.0 Å². The van der Waals surface area contributed by atoms with E-state index in [4.69, 9.17) is 19.7 Å². The number of aldehydes is 2. The minimum atomic E-state index is -0.938. The van der Waals surface area contributed by atoms with Crippen LogP contribution in [0, 0.1) is 58.2 Å². The summed E-state index contributed by atoms with van der Waals surface area (Å²) >= 11 is 0. The molecular formula is C52H83FN4O8. The van der Waals surface area contributed by atoms with Crippen LogP contribution in [-0.4, -0.2) is 74.6 Å². The van der Waals surface area contributed by atoms with E-state index in [0.29, 0.717) is 58.8 Å². The highest BCUT2D eigenvalue weighted by Gasteiger charge is 2.63. The number of carbonyl (C=O) groups excluding carboxylic acids is 3. The molecule has 7 unspecified atom stereocenters. The van der Waals surface area contributed by atoms with Crippen LogP contribution in [0.15, 0.2) is 58.5 Å². The Bertz CT molecular complexity index is 1960. The van der Waals surface area contributed by atoms with Crippen molar-refractivity contribution in [2.75, 3.05) is 19.5 Å². The number of hydrogen-bond donors (Lipinski definition) is 4. The topological polar surface area (TPSA) is 193 Å². The van der Waals surface area contributed by atoms with Crippen molar-refractivity contribution in [1.82, 2.24) is 15.2 Å². The molecule has 2 aromatic rings. The van der Waals surface area contributed by atoms with E-state index in [2.05, 4.69) is 54.8 Å². The minimum Gasteiger partial charge on any atom is -0.481 e. The van der Waals surface area contributed by atoms with E-state index in [1.165, 1.54) is 69.1 Å². The number of ketones is 1. The van der Waals surface area contributed by atoms with Gasteiger partial charge in [0.25, 0.3) is 5.89 Å². The SMILES string of the molecule is C=C/C(F)=C\C.CC(C)(C)C=O.CC(C)(C=O)CC(=O)O.CO.CO.Cc1ccc(-c2nnc(NC34CCC5C(CCC6C7(C)CCCCC7CCC56C)C3=C(C(C)C)C(=O)C4)o2)nc1.[HH]. The summed E-state index contributed by atoms with van der Waals surface area (Å²) in [5.74, 6) is 2.56. The van der Waals surface area contributed by atoms with E-state index in [1.807, 2.05) is 46.0 Å². The van der Waals surface area contributed by atoms with Gasteiger partial charge in [0.1, 0.15) is 24.1 Å². The van der Waals surface area contributed by atoms with Crippen LogP contribution in [0.2, 0.25) is 0 Å². The molecule has 5 aliphatic rings. The second-order valence-corrected chi connectivity index (χ2v) is 20.8. The summed E-state index contributed by atoms with van der Waals surface area (Å²) in [5.41, 5.74) is 3.82. The molecule has 13 heteroatoms. The molecule has 2 aromatic heterocycles. The van der Waals surface area contributed by atoms with Crippen molar-refractivity contribution < 1.29 is 44.7 Å². The standard InChI is InChI=1S/C34H46N4O2.C6H10O3.C5H7F.C5H10O.2CH4O.H2/c1-20(2)28-26(39)18-34(36-31-38-37-30(40-31)25-11-9-21(3)19-35-25)17-14-24-23(29(28)34)10-12-27-32(4)15-7-6-8-22(32)13-16-33(24,27)5;1-6(2,4-7)3-5(8)9;1-3-5(6)4-2;1-5(2,3)4-6;2*1-2;/h9,11,19-20,22-24,27H,6-8,10,12-18H2,1-5H3,(H,36,38);4H,3H2,1-2H3,(H,8,9);3-4H,1H2,2H3;4H,1-3H3;2*2H,1H3;1H/b;;5-4+;;;;. The van der Waals surface area contributed by atoms with Crippen LogP contribution in [0.4, 0.5) is 10.4 Å². The number of aryl methyl sites for hydroxylation is 1. The largest absolute Gasteiger partial charge is 0.481 e. The Morgan fingerprint density at radius 1 is 0.969 bits per heavy atom. The van der Waals surface area contributed by atoms with Gasteiger partial charge in [0.15, 0.2) is 5.78 Å². The molecule has 366 valence electrons. The molecule has 0 bridgehead atoms. The fraction of sp³-hybridized carbons (Fsp3) is 0.673. The molecule has 0 saturated heterocycles. The zero-order chi connectivity index (χ0) is 49.6. The lowest BCUT2D eigenvalue weighted by Crippen LogP contribution is -2.59. The summed E-state index contributed by atoms with van der Waals surface area (Å²) < 4.78 is 17.7. The maximum absolute atomic E-state index is 13.7. The summed E-state index contributed by atoms with van der Waals surface area (Å²) in [6, 6.07) is 4.32. The van der Waals surface area contributed by atoms with Crippen LogP contribution in [0.5, 0.6) is 0 Å². The number of pyridine rings is 1. The molecule has 0 amide bonds. The van der Waals surface area contributed by atoms with Crippen molar-refractivity contribution in [3.63, 3.8) is 0 Å². The highest BCUT2D eigenvalue weighted by molar-refractivity contribution is 6.02. The van der Waals surface area contributed by atoms with Gasteiger partial charge in [-0.2, -0.15) is 0 Å². The fourth-order valence-corrected chi connectivity index (χ4v) is 11.3. The van der Waals surface area contributed by atoms with Crippen molar-refractivity contribution in [3.05, 3.63) is 59.6 Å². The van der Waals surface area contributed by atoms with E-state index >= 15 is 0 Å². The number of carboxylic acids is 1. The number of rotatable bonds is 8. The Kier molecular flexibility index (Phi) is 21.3. The number of nitrogens with zero attached hydrogens (tertiary/aromatic N) is 3. The van der Waals surface area contributed by atoms with Crippen LogP contribution in [0.25, 0.3) is 11.6 Å². The number of hydrogen-bond acceptors (Lipinski definition) is 11. The molecule has 5 aliphatic carbocycles. The van der Waals surface area contributed by atoms with Crippen molar-refractivity contribution in [3.8, 4) is 11.6 Å². The van der Waals surface area contributed by atoms with Crippen LogP contribution < -0.4 is 5.32 Å². The summed E-state index contributed by atoms with van der Waals surface area (Å²) in [6.45, 7) is 25.3. The summed E-state index contributed by atoms with van der Waals surface area (Å²) in [5, 5.41) is 34.6. The zero-order valence-corrected chi connectivity index (χ0v) is 41.7. The first kappa shape index (κ1) is 56.8. The molecule has 12 nitrogen and oxygen atoms in total. The summed E-state index contributed by atoms with van der Waals surface area (Å²) in [4.78, 5) is 48.1. The molecule has 4 N–H and O–H groups in total. The lowest BCUT2D eigenvalue weighted by molar-refractivity contribution is -0.147. The van der Waals surface area contributed by atoms with E-state index in [9.17, 15) is 23.6 Å². The predicted molar refractivity (Wildman–Crippen MR) is 258 cm³/mol. The van der Waals surface area contributed by atoms with Crippen molar-refractivity contribution in [1.29, 1.82) is 0 Å². The van der Waals surface area contributed by atoms with Gasteiger partial charge >= 0.3 is 12.0 Å². The number of nitrogens with one attached hydrogen (secondary N) is 1. The highest BCUT2D eigenvalue weighted by Crippen LogP contribution is 2.70. The first-order valence-corrected chi connectivity index (χ1v) is 23.3. The van der Waals surface area contributed by atoms with Crippen molar-refractivity contribution in [2.45, 2.75) is 159 Å². The Balaban J connectivity index is 0.000000695. The molecule has 7 rings (SSSR count). The molecule has 4 saturated carbocycles. The zero-order valence-electron chi connectivity index (χ0n) is 41.7. The van der Waals surface area contributed by atoms with Gasteiger partial charge in [-0.15, -0.1) is 5.10 Å².